The summed E-state index contributed by atoms with van der Waals surface area (Å²) in [6.45, 7) is 1.97. The molecule has 0 saturated heterocycles. The molecular formula is C7H5Br2N3. The molecule has 0 fully saturated rings. The maximum atomic E-state index is 8.25. The zero-order valence-electron chi connectivity index (χ0n) is 6.25. The van der Waals surface area contributed by atoms with Crippen molar-refractivity contribution >= 4 is 37.5 Å². The third-order valence-corrected chi connectivity index (χ3v) is 2.51. The summed E-state index contributed by atoms with van der Waals surface area (Å²) in [5.41, 5.74) is 9.94. The van der Waals surface area contributed by atoms with Gasteiger partial charge < -0.3 is 0 Å². The van der Waals surface area contributed by atoms with E-state index in [9.17, 15) is 0 Å². The Bertz CT molecular complexity index is 333. The number of rotatable bonds is 1. The number of halogens is 2. The van der Waals surface area contributed by atoms with Crippen molar-refractivity contribution in [2.45, 2.75) is 6.92 Å². The van der Waals surface area contributed by atoms with E-state index in [-0.39, 0.29) is 0 Å². The fourth-order valence-electron chi connectivity index (χ4n) is 0.832. The number of nitrogens with zero attached hydrogens (tertiary/aromatic N) is 3. The Balaban J connectivity index is 3.37. The molecule has 0 aromatic heterocycles. The zero-order chi connectivity index (χ0) is 9.14. The predicted octanol–water partition coefficient (Wildman–Crippen LogP) is 4.46. The van der Waals surface area contributed by atoms with Gasteiger partial charge >= 0.3 is 0 Å². The van der Waals surface area contributed by atoms with Gasteiger partial charge in [-0.25, -0.2) is 0 Å². The summed E-state index contributed by atoms with van der Waals surface area (Å²) >= 11 is 6.61. The first-order valence-electron chi connectivity index (χ1n) is 3.16. The lowest BCUT2D eigenvalue weighted by Crippen LogP contribution is -1.75. The summed E-state index contributed by atoms with van der Waals surface area (Å²) in [7, 11) is 0. The molecule has 5 heteroatoms. The number of aryl methyl sites for hydroxylation is 1. The van der Waals surface area contributed by atoms with Crippen molar-refractivity contribution in [2.75, 3.05) is 0 Å². The van der Waals surface area contributed by atoms with Crippen molar-refractivity contribution in [3.05, 3.63) is 37.1 Å². The van der Waals surface area contributed by atoms with E-state index in [1.54, 1.807) is 0 Å². The maximum absolute atomic E-state index is 8.25. The molecule has 0 heterocycles. The molecule has 0 unspecified atom stereocenters. The first-order valence-corrected chi connectivity index (χ1v) is 4.74. The quantitative estimate of drug-likeness (QED) is 0.416. The van der Waals surface area contributed by atoms with E-state index < -0.39 is 0 Å². The van der Waals surface area contributed by atoms with Gasteiger partial charge in [0.05, 0.1) is 5.69 Å². The van der Waals surface area contributed by atoms with E-state index in [4.69, 9.17) is 5.53 Å². The molecule has 0 bridgehead atoms. The third-order valence-electron chi connectivity index (χ3n) is 1.31. The molecule has 1 aromatic carbocycles. The zero-order valence-corrected chi connectivity index (χ0v) is 9.42. The van der Waals surface area contributed by atoms with E-state index in [1.807, 2.05) is 19.1 Å². The van der Waals surface area contributed by atoms with E-state index in [0.717, 1.165) is 14.5 Å². The van der Waals surface area contributed by atoms with Gasteiger partial charge in [0.15, 0.2) is 0 Å². The molecule has 0 saturated carbocycles. The van der Waals surface area contributed by atoms with Crippen LogP contribution in [0.2, 0.25) is 0 Å². The average molecular weight is 291 g/mol. The van der Waals surface area contributed by atoms with Gasteiger partial charge in [-0.1, -0.05) is 37.0 Å². The smallest absolute Gasteiger partial charge is 0.0584 e. The summed E-state index contributed by atoms with van der Waals surface area (Å²) in [4.78, 5) is 2.72. The van der Waals surface area contributed by atoms with Gasteiger partial charge in [0.2, 0.25) is 0 Å². The van der Waals surface area contributed by atoms with Crippen LogP contribution in [0.5, 0.6) is 0 Å². The number of hydrogen-bond acceptors (Lipinski definition) is 1. The van der Waals surface area contributed by atoms with Crippen molar-refractivity contribution in [1.82, 2.24) is 0 Å². The van der Waals surface area contributed by atoms with Crippen LogP contribution in [0.4, 0.5) is 5.69 Å². The lowest BCUT2D eigenvalue weighted by Gasteiger charge is -2.01. The van der Waals surface area contributed by atoms with Crippen LogP contribution in [0.1, 0.15) is 5.56 Å². The normalized spacial score (nSPS) is 9.25. The van der Waals surface area contributed by atoms with Gasteiger partial charge in [-0.2, -0.15) is 0 Å². The second-order valence-corrected chi connectivity index (χ2v) is 3.98. The molecule has 1 aromatic rings. The highest BCUT2D eigenvalue weighted by Crippen LogP contribution is 2.34. The van der Waals surface area contributed by atoms with Gasteiger partial charge in [-0.3, -0.25) is 0 Å². The molecule has 0 aliphatic rings. The van der Waals surface area contributed by atoms with Gasteiger partial charge in [0.1, 0.15) is 0 Å². The van der Waals surface area contributed by atoms with Gasteiger partial charge in [-0.05, 0) is 30.2 Å². The Kier molecular flexibility index (Phi) is 3.14. The Labute approximate surface area is 86.7 Å². The van der Waals surface area contributed by atoms with Crippen molar-refractivity contribution in [3.63, 3.8) is 0 Å². The monoisotopic (exact) mass is 289 g/mol. The molecule has 62 valence electrons. The molecule has 0 amide bonds. The molecule has 0 aliphatic heterocycles. The van der Waals surface area contributed by atoms with Crippen LogP contribution in [0, 0.1) is 6.92 Å². The van der Waals surface area contributed by atoms with E-state index >= 15 is 0 Å². The molecule has 0 N–H and O–H groups in total. The number of azide groups is 1. The van der Waals surface area contributed by atoms with Gasteiger partial charge in [0.25, 0.3) is 0 Å². The SMILES string of the molecule is Cc1cc(Br)c(N=[N+]=[N-])c(Br)c1. The molecule has 12 heavy (non-hydrogen) atoms. The summed E-state index contributed by atoms with van der Waals surface area (Å²) in [6.07, 6.45) is 0. The molecular weight excluding hydrogens is 286 g/mol. The largest absolute Gasteiger partial charge is 0.0659 e. The first-order chi connectivity index (χ1) is 5.65. The van der Waals surface area contributed by atoms with Crippen LogP contribution in [-0.4, -0.2) is 0 Å². The predicted molar refractivity (Wildman–Crippen MR) is 55.4 cm³/mol. The number of hydrogen-bond donors (Lipinski definition) is 0. The third kappa shape index (κ3) is 2.00. The Morgan fingerprint density at radius 2 is 1.83 bits per heavy atom. The Hall–Kier alpha value is -0.510. The second-order valence-electron chi connectivity index (χ2n) is 2.27. The maximum Gasteiger partial charge on any atom is 0.0659 e. The highest BCUT2D eigenvalue weighted by atomic mass is 79.9. The minimum absolute atomic E-state index is 0.586. The minimum Gasteiger partial charge on any atom is -0.0584 e. The van der Waals surface area contributed by atoms with Crippen molar-refractivity contribution in [2.24, 2.45) is 5.11 Å². The van der Waals surface area contributed by atoms with Crippen LogP contribution < -0.4 is 0 Å². The standard InChI is InChI=1S/C7H5Br2N3/c1-4-2-5(8)7(11-12-10)6(9)3-4/h2-3H,1H3. The van der Waals surface area contributed by atoms with Crippen LogP contribution in [0.25, 0.3) is 10.4 Å². The van der Waals surface area contributed by atoms with Crippen LogP contribution >= 0.6 is 31.9 Å². The summed E-state index contributed by atoms with van der Waals surface area (Å²) in [5, 5.41) is 3.53. The highest BCUT2D eigenvalue weighted by Gasteiger charge is 2.02. The van der Waals surface area contributed by atoms with Crippen LogP contribution in [-0.2, 0) is 0 Å². The minimum atomic E-state index is 0.586. The molecule has 0 radical (unpaired) electrons. The second kappa shape index (κ2) is 3.94. The molecule has 0 atom stereocenters. The van der Waals surface area contributed by atoms with E-state index in [2.05, 4.69) is 41.9 Å². The Morgan fingerprint density at radius 3 is 2.25 bits per heavy atom. The molecule has 3 nitrogen and oxygen atoms in total. The number of benzene rings is 1. The van der Waals surface area contributed by atoms with Gasteiger partial charge in [-0.15, -0.1) is 0 Å². The first kappa shape index (κ1) is 9.58. The van der Waals surface area contributed by atoms with Gasteiger partial charge in [0, 0.05) is 13.9 Å². The topological polar surface area (TPSA) is 48.8 Å². The van der Waals surface area contributed by atoms with E-state index in [0.29, 0.717) is 5.69 Å². The summed E-state index contributed by atoms with van der Waals surface area (Å²) < 4.78 is 1.60. The van der Waals surface area contributed by atoms with Crippen LogP contribution in [0.15, 0.2) is 26.2 Å². The Morgan fingerprint density at radius 1 is 1.33 bits per heavy atom. The molecule has 1 rings (SSSR count). The fourth-order valence-corrected chi connectivity index (χ4v) is 2.41. The fraction of sp³-hybridized carbons (Fsp3) is 0.143. The summed E-state index contributed by atoms with van der Waals surface area (Å²) in [6, 6.07) is 3.80. The summed E-state index contributed by atoms with van der Waals surface area (Å²) in [5.74, 6) is 0. The lowest BCUT2D eigenvalue weighted by molar-refractivity contribution is 1.37. The molecule has 0 aliphatic carbocycles. The van der Waals surface area contributed by atoms with Crippen LogP contribution in [0.3, 0.4) is 0 Å². The highest BCUT2D eigenvalue weighted by molar-refractivity contribution is 9.11. The lowest BCUT2D eigenvalue weighted by atomic mass is 10.2. The average Bonchev–Trinajstić information content (AvgIpc) is 1.96. The molecule has 0 spiro atoms. The van der Waals surface area contributed by atoms with E-state index in [1.165, 1.54) is 0 Å². The van der Waals surface area contributed by atoms with Crippen molar-refractivity contribution < 1.29 is 0 Å². The van der Waals surface area contributed by atoms with Crippen molar-refractivity contribution in [3.8, 4) is 0 Å². The van der Waals surface area contributed by atoms with Crippen molar-refractivity contribution in [1.29, 1.82) is 0 Å².